The standard InChI is InChI=1S/C23H36Cl2O2/c1-2-3-4-5-6-7-8-9-10-11-12-13-14-15-23(26)27-19-20-16-17-21(24)22(25)18-20/h16-18H,2-15,19H2,1H3. The van der Waals surface area contributed by atoms with E-state index in [2.05, 4.69) is 6.92 Å². The molecule has 1 rings (SSSR count). The summed E-state index contributed by atoms with van der Waals surface area (Å²) in [5, 5.41) is 1.00. The zero-order chi connectivity index (χ0) is 19.7. The fourth-order valence-corrected chi connectivity index (χ4v) is 3.47. The van der Waals surface area contributed by atoms with Crippen LogP contribution in [0.1, 0.15) is 102 Å². The zero-order valence-electron chi connectivity index (χ0n) is 16.9. The Labute approximate surface area is 176 Å². The lowest BCUT2D eigenvalue weighted by Gasteiger charge is -2.06. The second-order valence-corrected chi connectivity index (χ2v) is 8.22. The van der Waals surface area contributed by atoms with E-state index >= 15 is 0 Å². The fourth-order valence-electron chi connectivity index (χ4n) is 3.15. The van der Waals surface area contributed by atoms with E-state index in [-0.39, 0.29) is 12.6 Å². The van der Waals surface area contributed by atoms with Crippen LogP contribution >= 0.6 is 23.2 Å². The van der Waals surface area contributed by atoms with Gasteiger partial charge in [0.05, 0.1) is 10.0 Å². The Morgan fingerprint density at radius 3 is 1.81 bits per heavy atom. The van der Waals surface area contributed by atoms with E-state index < -0.39 is 0 Å². The molecule has 0 amide bonds. The van der Waals surface area contributed by atoms with E-state index in [9.17, 15) is 4.79 Å². The van der Waals surface area contributed by atoms with Crippen LogP contribution in [0.3, 0.4) is 0 Å². The maximum atomic E-state index is 11.8. The monoisotopic (exact) mass is 414 g/mol. The molecular weight excluding hydrogens is 379 g/mol. The van der Waals surface area contributed by atoms with Crippen LogP contribution in [0.5, 0.6) is 0 Å². The van der Waals surface area contributed by atoms with Gasteiger partial charge in [0.2, 0.25) is 0 Å². The Bertz CT molecular complexity index is 517. The van der Waals surface area contributed by atoms with Gasteiger partial charge < -0.3 is 4.74 Å². The van der Waals surface area contributed by atoms with Crippen LogP contribution < -0.4 is 0 Å². The fraction of sp³-hybridized carbons (Fsp3) is 0.696. The molecule has 0 atom stereocenters. The molecule has 0 aliphatic carbocycles. The highest BCUT2D eigenvalue weighted by atomic mass is 35.5. The third-order valence-electron chi connectivity index (χ3n) is 4.87. The summed E-state index contributed by atoms with van der Waals surface area (Å²) in [5.74, 6) is -0.135. The molecule has 0 heterocycles. The van der Waals surface area contributed by atoms with E-state index in [4.69, 9.17) is 27.9 Å². The molecule has 0 aliphatic heterocycles. The van der Waals surface area contributed by atoms with Gasteiger partial charge in [-0.1, -0.05) is 113 Å². The van der Waals surface area contributed by atoms with Crippen molar-refractivity contribution in [3.8, 4) is 0 Å². The van der Waals surface area contributed by atoms with Crippen LogP contribution in [0, 0.1) is 0 Å². The SMILES string of the molecule is CCCCCCCCCCCCCCCC(=O)OCc1ccc(Cl)c(Cl)c1. The molecule has 0 saturated heterocycles. The van der Waals surface area contributed by atoms with E-state index in [0.717, 1.165) is 18.4 Å². The van der Waals surface area contributed by atoms with Crippen molar-refractivity contribution in [2.75, 3.05) is 0 Å². The molecule has 1 aromatic carbocycles. The van der Waals surface area contributed by atoms with Gasteiger partial charge in [-0.3, -0.25) is 4.79 Å². The summed E-state index contributed by atoms with van der Waals surface area (Å²) in [6.07, 6.45) is 17.4. The molecule has 4 heteroatoms. The molecule has 0 unspecified atom stereocenters. The first-order valence-corrected chi connectivity index (χ1v) is 11.5. The van der Waals surface area contributed by atoms with Gasteiger partial charge in [0.1, 0.15) is 6.61 Å². The molecule has 2 nitrogen and oxygen atoms in total. The Morgan fingerprint density at radius 2 is 1.30 bits per heavy atom. The second kappa shape index (κ2) is 16.2. The van der Waals surface area contributed by atoms with E-state index in [1.54, 1.807) is 12.1 Å². The minimum atomic E-state index is -0.135. The summed E-state index contributed by atoms with van der Waals surface area (Å²) in [6, 6.07) is 5.29. The average molecular weight is 415 g/mol. The summed E-state index contributed by atoms with van der Waals surface area (Å²) >= 11 is 11.8. The predicted molar refractivity (Wildman–Crippen MR) is 117 cm³/mol. The Morgan fingerprint density at radius 1 is 0.778 bits per heavy atom. The van der Waals surface area contributed by atoms with Crippen molar-refractivity contribution in [2.45, 2.75) is 103 Å². The third-order valence-corrected chi connectivity index (χ3v) is 5.61. The van der Waals surface area contributed by atoms with Gasteiger partial charge in [-0.15, -0.1) is 0 Å². The van der Waals surface area contributed by atoms with Gasteiger partial charge in [-0.25, -0.2) is 0 Å². The van der Waals surface area contributed by atoms with Crippen LogP contribution in [0.15, 0.2) is 18.2 Å². The Kier molecular flexibility index (Phi) is 14.6. The number of hydrogen-bond donors (Lipinski definition) is 0. The lowest BCUT2D eigenvalue weighted by molar-refractivity contribution is -0.145. The van der Waals surface area contributed by atoms with Crippen molar-refractivity contribution < 1.29 is 9.53 Å². The summed E-state index contributed by atoms with van der Waals surface area (Å²) in [4.78, 5) is 11.8. The highest BCUT2D eigenvalue weighted by molar-refractivity contribution is 6.42. The zero-order valence-corrected chi connectivity index (χ0v) is 18.4. The smallest absolute Gasteiger partial charge is 0.306 e. The van der Waals surface area contributed by atoms with Gasteiger partial charge >= 0.3 is 5.97 Å². The van der Waals surface area contributed by atoms with E-state index in [0.29, 0.717) is 16.5 Å². The Balaban J connectivity index is 1.89. The number of carbonyl (C=O) groups is 1. The van der Waals surface area contributed by atoms with Crippen molar-refractivity contribution in [1.82, 2.24) is 0 Å². The lowest BCUT2D eigenvalue weighted by atomic mass is 10.0. The van der Waals surface area contributed by atoms with Crippen LogP contribution in [0.25, 0.3) is 0 Å². The van der Waals surface area contributed by atoms with Gasteiger partial charge in [-0.2, -0.15) is 0 Å². The number of rotatable bonds is 16. The number of benzene rings is 1. The van der Waals surface area contributed by atoms with Crippen LogP contribution in [-0.2, 0) is 16.1 Å². The number of unbranched alkanes of at least 4 members (excludes halogenated alkanes) is 12. The van der Waals surface area contributed by atoms with Crippen molar-refractivity contribution >= 4 is 29.2 Å². The highest BCUT2D eigenvalue weighted by Gasteiger charge is 2.05. The number of hydrogen-bond acceptors (Lipinski definition) is 2. The molecule has 0 aromatic heterocycles. The van der Waals surface area contributed by atoms with Crippen LogP contribution in [0.2, 0.25) is 10.0 Å². The van der Waals surface area contributed by atoms with Crippen molar-refractivity contribution in [3.63, 3.8) is 0 Å². The van der Waals surface area contributed by atoms with Gasteiger partial charge in [0.15, 0.2) is 0 Å². The van der Waals surface area contributed by atoms with Crippen LogP contribution in [-0.4, -0.2) is 5.97 Å². The number of ether oxygens (including phenoxy) is 1. The summed E-state index contributed by atoms with van der Waals surface area (Å²) in [5.41, 5.74) is 0.864. The number of carbonyl (C=O) groups excluding carboxylic acids is 1. The molecule has 1 aromatic rings. The first-order chi connectivity index (χ1) is 13.1. The lowest BCUT2D eigenvalue weighted by Crippen LogP contribution is -2.04. The van der Waals surface area contributed by atoms with Crippen LogP contribution in [0.4, 0.5) is 0 Å². The molecule has 27 heavy (non-hydrogen) atoms. The van der Waals surface area contributed by atoms with Gasteiger partial charge in [0, 0.05) is 6.42 Å². The highest BCUT2D eigenvalue weighted by Crippen LogP contribution is 2.23. The molecule has 0 bridgehead atoms. The largest absolute Gasteiger partial charge is 0.461 e. The van der Waals surface area contributed by atoms with Gasteiger partial charge in [0.25, 0.3) is 0 Å². The van der Waals surface area contributed by atoms with Crippen molar-refractivity contribution in [3.05, 3.63) is 33.8 Å². The maximum absolute atomic E-state index is 11.8. The molecule has 0 spiro atoms. The molecule has 154 valence electrons. The van der Waals surface area contributed by atoms with Crippen molar-refractivity contribution in [2.24, 2.45) is 0 Å². The summed E-state index contributed by atoms with van der Waals surface area (Å²) in [7, 11) is 0. The minimum Gasteiger partial charge on any atom is -0.461 e. The normalized spacial score (nSPS) is 10.9. The molecule has 0 fully saturated rings. The molecular formula is C23H36Cl2O2. The second-order valence-electron chi connectivity index (χ2n) is 7.40. The first kappa shape index (κ1) is 24.3. The molecule has 0 saturated carbocycles. The number of halogens is 2. The third kappa shape index (κ3) is 13.1. The topological polar surface area (TPSA) is 26.3 Å². The quantitative estimate of drug-likeness (QED) is 0.200. The summed E-state index contributed by atoms with van der Waals surface area (Å²) in [6.45, 7) is 2.52. The average Bonchev–Trinajstić information content (AvgIpc) is 2.66. The first-order valence-electron chi connectivity index (χ1n) is 10.7. The summed E-state index contributed by atoms with van der Waals surface area (Å²) < 4.78 is 5.29. The number of esters is 1. The van der Waals surface area contributed by atoms with E-state index in [1.807, 2.05) is 6.07 Å². The van der Waals surface area contributed by atoms with E-state index in [1.165, 1.54) is 70.6 Å². The Hall–Kier alpha value is -0.730. The minimum absolute atomic E-state index is 0.135. The molecule has 0 N–H and O–H groups in total. The predicted octanol–water partition coefficient (Wildman–Crippen LogP) is 8.52. The van der Waals surface area contributed by atoms with Gasteiger partial charge in [-0.05, 0) is 24.1 Å². The maximum Gasteiger partial charge on any atom is 0.306 e. The molecule has 0 aliphatic rings. The molecule has 0 radical (unpaired) electrons. The van der Waals surface area contributed by atoms with Crippen molar-refractivity contribution in [1.29, 1.82) is 0 Å².